The van der Waals surface area contributed by atoms with E-state index in [1.54, 1.807) is 0 Å². The average molecular weight is 333 g/mol. The van der Waals surface area contributed by atoms with Gasteiger partial charge in [-0.05, 0) is 37.4 Å². The van der Waals surface area contributed by atoms with Gasteiger partial charge in [-0.25, -0.2) is 4.98 Å². The zero-order chi connectivity index (χ0) is 17.6. The van der Waals surface area contributed by atoms with Crippen molar-refractivity contribution in [3.8, 4) is 0 Å². The summed E-state index contributed by atoms with van der Waals surface area (Å²) in [6, 6.07) is 21.7. The highest BCUT2D eigenvalue weighted by Gasteiger charge is 2.17. The number of rotatable bonds is 7. The van der Waals surface area contributed by atoms with Crippen molar-refractivity contribution in [3.05, 3.63) is 71.9 Å². The highest BCUT2D eigenvalue weighted by molar-refractivity contribution is 5.92. The monoisotopic (exact) mass is 333 g/mol. The lowest BCUT2D eigenvalue weighted by atomic mass is 10.1. The SMILES string of the molecule is CCNCc1cc2ccccc2c(N(Cc2ccccc2)C(C)C)n1. The molecule has 0 bridgehead atoms. The van der Waals surface area contributed by atoms with Crippen molar-refractivity contribution in [2.45, 2.75) is 39.9 Å². The minimum Gasteiger partial charge on any atom is -0.349 e. The highest BCUT2D eigenvalue weighted by Crippen LogP contribution is 2.28. The first-order chi connectivity index (χ1) is 12.2. The standard InChI is InChI=1S/C22H27N3/c1-4-23-15-20-14-19-12-8-9-13-21(19)22(24-20)25(17(2)3)16-18-10-6-5-7-11-18/h5-14,17,23H,4,15-16H2,1-3H3. The average Bonchev–Trinajstić information content (AvgIpc) is 2.64. The van der Waals surface area contributed by atoms with Gasteiger partial charge in [0, 0.05) is 24.5 Å². The summed E-state index contributed by atoms with van der Waals surface area (Å²) in [5, 5.41) is 5.86. The Balaban J connectivity index is 2.05. The van der Waals surface area contributed by atoms with Gasteiger partial charge >= 0.3 is 0 Å². The fraction of sp³-hybridized carbons (Fsp3) is 0.318. The van der Waals surface area contributed by atoms with Crippen LogP contribution >= 0.6 is 0 Å². The van der Waals surface area contributed by atoms with E-state index in [-0.39, 0.29) is 0 Å². The topological polar surface area (TPSA) is 28.2 Å². The summed E-state index contributed by atoms with van der Waals surface area (Å²) in [6.07, 6.45) is 0. The van der Waals surface area contributed by atoms with E-state index in [2.05, 4.69) is 91.7 Å². The number of hydrogen-bond acceptors (Lipinski definition) is 3. The Morgan fingerprint density at radius 2 is 1.72 bits per heavy atom. The van der Waals surface area contributed by atoms with E-state index < -0.39 is 0 Å². The predicted molar refractivity (Wildman–Crippen MR) is 107 cm³/mol. The molecule has 3 rings (SSSR count). The van der Waals surface area contributed by atoms with Crippen molar-refractivity contribution < 1.29 is 0 Å². The molecule has 1 aromatic heterocycles. The van der Waals surface area contributed by atoms with Crippen LogP contribution in [0.4, 0.5) is 5.82 Å². The Hall–Kier alpha value is -2.39. The smallest absolute Gasteiger partial charge is 0.137 e. The summed E-state index contributed by atoms with van der Waals surface area (Å²) < 4.78 is 0. The van der Waals surface area contributed by atoms with Crippen molar-refractivity contribution in [2.24, 2.45) is 0 Å². The summed E-state index contributed by atoms with van der Waals surface area (Å²) >= 11 is 0. The maximum atomic E-state index is 5.02. The van der Waals surface area contributed by atoms with E-state index in [9.17, 15) is 0 Å². The van der Waals surface area contributed by atoms with Crippen LogP contribution in [-0.4, -0.2) is 17.6 Å². The van der Waals surface area contributed by atoms with E-state index in [0.717, 1.165) is 31.1 Å². The van der Waals surface area contributed by atoms with Gasteiger partial charge in [-0.15, -0.1) is 0 Å². The van der Waals surface area contributed by atoms with E-state index >= 15 is 0 Å². The van der Waals surface area contributed by atoms with E-state index in [0.29, 0.717) is 6.04 Å². The number of aromatic nitrogens is 1. The molecule has 0 radical (unpaired) electrons. The summed E-state index contributed by atoms with van der Waals surface area (Å²) in [6.45, 7) is 9.19. The number of fused-ring (bicyclic) bond motifs is 1. The van der Waals surface area contributed by atoms with E-state index in [4.69, 9.17) is 4.98 Å². The van der Waals surface area contributed by atoms with Gasteiger partial charge in [-0.2, -0.15) is 0 Å². The van der Waals surface area contributed by atoms with Crippen LogP contribution in [0.3, 0.4) is 0 Å². The molecule has 1 heterocycles. The summed E-state index contributed by atoms with van der Waals surface area (Å²) in [5.74, 6) is 1.07. The van der Waals surface area contributed by atoms with Gasteiger partial charge in [0.15, 0.2) is 0 Å². The largest absolute Gasteiger partial charge is 0.349 e. The third-order valence-electron chi connectivity index (χ3n) is 4.42. The van der Waals surface area contributed by atoms with Crippen LogP contribution in [0.5, 0.6) is 0 Å². The molecule has 0 saturated heterocycles. The fourth-order valence-electron chi connectivity index (χ4n) is 3.08. The minimum absolute atomic E-state index is 0.366. The Kier molecular flexibility index (Phi) is 5.67. The molecule has 0 atom stereocenters. The molecule has 0 spiro atoms. The zero-order valence-electron chi connectivity index (χ0n) is 15.4. The Bertz CT molecular complexity index is 812. The molecule has 2 aromatic carbocycles. The molecule has 25 heavy (non-hydrogen) atoms. The van der Waals surface area contributed by atoms with Crippen LogP contribution in [-0.2, 0) is 13.1 Å². The molecule has 0 aliphatic carbocycles. The predicted octanol–water partition coefficient (Wildman–Crippen LogP) is 4.76. The maximum absolute atomic E-state index is 5.02. The summed E-state index contributed by atoms with van der Waals surface area (Å²) in [5.41, 5.74) is 2.40. The maximum Gasteiger partial charge on any atom is 0.137 e. The number of benzene rings is 2. The van der Waals surface area contributed by atoms with Crippen molar-refractivity contribution >= 4 is 16.6 Å². The number of anilines is 1. The van der Waals surface area contributed by atoms with Crippen molar-refractivity contribution in [1.82, 2.24) is 10.3 Å². The van der Waals surface area contributed by atoms with Crippen LogP contribution < -0.4 is 10.2 Å². The van der Waals surface area contributed by atoms with Crippen molar-refractivity contribution in [2.75, 3.05) is 11.4 Å². The lowest BCUT2D eigenvalue weighted by Crippen LogP contribution is -2.31. The van der Waals surface area contributed by atoms with Crippen LogP contribution in [0.2, 0.25) is 0 Å². The van der Waals surface area contributed by atoms with Crippen LogP contribution in [0, 0.1) is 0 Å². The number of nitrogens with one attached hydrogen (secondary N) is 1. The Labute approximate surface area is 150 Å². The lowest BCUT2D eigenvalue weighted by molar-refractivity contribution is 0.666. The molecule has 1 N–H and O–H groups in total. The second-order valence-corrected chi connectivity index (χ2v) is 6.65. The molecule has 3 nitrogen and oxygen atoms in total. The first-order valence-corrected chi connectivity index (χ1v) is 9.09. The van der Waals surface area contributed by atoms with Gasteiger partial charge in [0.2, 0.25) is 0 Å². The lowest BCUT2D eigenvalue weighted by Gasteiger charge is -2.29. The van der Waals surface area contributed by atoms with Crippen molar-refractivity contribution in [1.29, 1.82) is 0 Å². The van der Waals surface area contributed by atoms with Gasteiger partial charge in [0.05, 0.1) is 5.69 Å². The molecular weight excluding hydrogens is 306 g/mol. The molecule has 0 aliphatic rings. The van der Waals surface area contributed by atoms with Gasteiger partial charge in [-0.1, -0.05) is 61.5 Å². The van der Waals surface area contributed by atoms with Crippen molar-refractivity contribution in [3.63, 3.8) is 0 Å². The summed E-state index contributed by atoms with van der Waals surface area (Å²) in [4.78, 5) is 7.42. The normalized spacial score (nSPS) is 11.2. The molecule has 3 heteroatoms. The Morgan fingerprint density at radius 1 is 1.00 bits per heavy atom. The van der Waals surface area contributed by atoms with Gasteiger partial charge in [0.25, 0.3) is 0 Å². The molecule has 0 amide bonds. The molecule has 0 unspecified atom stereocenters. The first-order valence-electron chi connectivity index (χ1n) is 9.09. The summed E-state index contributed by atoms with van der Waals surface area (Å²) in [7, 11) is 0. The molecular formula is C22H27N3. The van der Waals surface area contributed by atoms with Gasteiger partial charge in [0.1, 0.15) is 5.82 Å². The van der Waals surface area contributed by atoms with Crippen LogP contribution in [0.1, 0.15) is 32.0 Å². The second-order valence-electron chi connectivity index (χ2n) is 6.65. The Morgan fingerprint density at radius 3 is 2.44 bits per heavy atom. The molecule has 0 saturated carbocycles. The molecule has 0 aliphatic heterocycles. The van der Waals surface area contributed by atoms with Crippen LogP contribution in [0.15, 0.2) is 60.7 Å². The second kappa shape index (κ2) is 8.13. The third-order valence-corrected chi connectivity index (χ3v) is 4.42. The quantitative estimate of drug-likeness (QED) is 0.676. The third kappa shape index (κ3) is 4.18. The van der Waals surface area contributed by atoms with Crippen LogP contribution in [0.25, 0.3) is 10.8 Å². The fourth-order valence-corrected chi connectivity index (χ4v) is 3.08. The molecule has 130 valence electrons. The van der Waals surface area contributed by atoms with Gasteiger partial charge in [-0.3, -0.25) is 0 Å². The zero-order valence-corrected chi connectivity index (χ0v) is 15.4. The minimum atomic E-state index is 0.366. The molecule has 3 aromatic rings. The number of hydrogen-bond donors (Lipinski definition) is 1. The first kappa shape index (κ1) is 17.4. The van der Waals surface area contributed by atoms with Gasteiger partial charge < -0.3 is 10.2 Å². The highest BCUT2D eigenvalue weighted by atomic mass is 15.2. The van der Waals surface area contributed by atoms with E-state index in [1.807, 2.05) is 0 Å². The van der Waals surface area contributed by atoms with E-state index in [1.165, 1.54) is 16.3 Å². The molecule has 0 fully saturated rings. The number of nitrogens with zero attached hydrogens (tertiary/aromatic N) is 2. The number of pyridine rings is 1.